The number of nitrogens with zero attached hydrogens (tertiary/aromatic N) is 4. The van der Waals surface area contributed by atoms with Crippen molar-refractivity contribution < 1.29 is 21.9 Å². The summed E-state index contributed by atoms with van der Waals surface area (Å²) >= 11 is 0. The van der Waals surface area contributed by atoms with Crippen molar-refractivity contribution in [1.82, 2.24) is 19.7 Å². The fraction of sp³-hybridized carbons (Fsp3) is 0.174. The number of benzene rings is 2. The summed E-state index contributed by atoms with van der Waals surface area (Å²) in [6.45, 7) is 5.55. The van der Waals surface area contributed by atoms with E-state index < -0.39 is 27.4 Å². The molecule has 4 aromatic rings. The minimum atomic E-state index is -3.89. The number of sulfonamides is 1. The van der Waals surface area contributed by atoms with Gasteiger partial charge in [0.2, 0.25) is 15.9 Å². The first-order valence-electron chi connectivity index (χ1n) is 10.2. The highest BCUT2D eigenvalue weighted by Crippen LogP contribution is 2.24. The van der Waals surface area contributed by atoms with Crippen LogP contribution in [0.3, 0.4) is 0 Å². The van der Waals surface area contributed by atoms with Gasteiger partial charge in [0.25, 0.3) is 0 Å². The normalized spacial score (nSPS) is 11.4. The van der Waals surface area contributed by atoms with E-state index >= 15 is 0 Å². The second kappa shape index (κ2) is 9.18. The first-order chi connectivity index (χ1) is 16.1. The predicted molar refractivity (Wildman–Crippen MR) is 122 cm³/mol. The predicted octanol–water partition coefficient (Wildman–Crippen LogP) is 4.60. The van der Waals surface area contributed by atoms with Gasteiger partial charge in [-0.1, -0.05) is 0 Å². The highest BCUT2D eigenvalue weighted by Gasteiger charge is 2.14. The molecule has 2 heterocycles. The quantitative estimate of drug-likeness (QED) is 0.411. The van der Waals surface area contributed by atoms with Crippen molar-refractivity contribution in [1.29, 1.82) is 0 Å². The minimum Gasteiger partial charge on any atom is -0.439 e. The van der Waals surface area contributed by atoms with Crippen LogP contribution in [-0.2, 0) is 15.8 Å². The summed E-state index contributed by atoms with van der Waals surface area (Å²) in [5, 5.41) is 4.42. The molecule has 2 aromatic carbocycles. The van der Waals surface area contributed by atoms with E-state index in [2.05, 4.69) is 19.8 Å². The van der Waals surface area contributed by atoms with E-state index in [4.69, 9.17) is 4.74 Å². The van der Waals surface area contributed by atoms with Crippen LogP contribution in [0.5, 0.6) is 11.6 Å². The molecule has 0 unspecified atom stereocenters. The number of hydrogen-bond acceptors (Lipinski definition) is 6. The Hall–Kier alpha value is -3.86. The monoisotopic (exact) mass is 485 g/mol. The van der Waals surface area contributed by atoms with Gasteiger partial charge < -0.3 is 4.74 Å². The Bertz CT molecular complexity index is 1430. The van der Waals surface area contributed by atoms with Crippen LogP contribution in [0.25, 0.3) is 5.82 Å². The first kappa shape index (κ1) is 23.3. The molecular formula is C23H21F2N5O3S. The molecule has 0 saturated heterocycles. The Kier molecular flexibility index (Phi) is 6.29. The zero-order valence-corrected chi connectivity index (χ0v) is 19.4. The average molecular weight is 486 g/mol. The van der Waals surface area contributed by atoms with Crippen LogP contribution < -0.4 is 9.46 Å². The van der Waals surface area contributed by atoms with Crippen molar-refractivity contribution in [2.45, 2.75) is 26.5 Å². The molecule has 8 nitrogen and oxygen atoms in total. The lowest BCUT2D eigenvalue weighted by atomic mass is 10.2. The van der Waals surface area contributed by atoms with Gasteiger partial charge in [-0.05, 0) is 68.8 Å². The number of aromatic nitrogens is 4. The molecule has 0 aliphatic rings. The highest BCUT2D eigenvalue weighted by molar-refractivity contribution is 7.91. The Balaban J connectivity index is 1.47. The van der Waals surface area contributed by atoms with Crippen LogP contribution in [0, 0.1) is 32.4 Å². The second-order valence-electron chi connectivity index (χ2n) is 7.72. The molecular weight excluding hydrogens is 464 g/mol. The van der Waals surface area contributed by atoms with Crippen LogP contribution in [0.1, 0.15) is 22.8 Å². The number of anilines is 1. The molecule has 176 valence electrons. The van der Waals surface area contributed by atoms with E-state index in [9.17, 15) is 17.2 Å². The summed E-state index contributed by atoms with van der Waals surface area (Å²) in [4.78, 5) is 8.69. The van der Waals surface area contributed by atoms with Gasteiger partial charge >= 0.3 is 0 Å². The van der Waals surface area contributed by atoms with Crippen molar-refractivity contribution in [3.05, 3.63) is 89.0 Å². The lowest BCUT2D eigenvalue weighted by molar-refractivity contribution is 0.459. The SMILES string of the molecule is Cc1cc(C)n(-c2cc(Oc3ccc(NS(=O)(=O)Cc4cc(F)cc(F)c4)cc3)nc(C)n2)n1. The van der Waals surface area contributed by atoms with Crippen molar-refractivity contribution in [3.8, 4) is 17.4 Å². The van der Waals surface area contributed by atoms with Crippen molar-refractivity contribution in [3.63, 3.8) is 0 Å². The lowest BCUT2D eigenvalue weighted by Gasteiger charge is -2.11. The summed E-state index contributed by atoms with van der Waals surface area (Å²) in [5.41, 5.74) is 2.05. The molecule has 0 radical (unpaired) electrons. The number of ether oxygens (including phenoxy) is 1. The van der Waals surface area contributed by atoms with Gasteiger partial charge in [0.05, 0.1) is 11.4 Å². The van der Waals surface area contributed by atoms with Gasteiger partial charge in [0, 0.05) is 23.5 Å². The Morgan fingerprint density at radius 1 is 0.941 bits per heavy atom. The van der Waals surface area contributed by atoms with Crippen LogP contribution in [0.15, 0.2) is 54.6 Å². The fourth-order valence-electron chi connectivity index (χ4n) is 3.39. The van der Waals surface area contributed by atoms with Gasteiger partial charge in [0.1, 0.15) is 23.2 Å². The molecule has 4 rings (SSSR count). The van der Waals surface area contributed by atoms with Gasteiger partial charge in [-0.2, -0.15) is 10.1 Å². The van der Waals surface area contributed by atoms with E-state index in [0.717, 1.165) is 23.5 Å². The number of halogens is 2. The number of aryl methyl sites for hydroxylation is 3. The van der Waals surface area contributed by atoms with Gasteiger partial charge in [-0.15, -0.1) is 0 Å². The summed E-state index contributed by atoms with van der Waals surface area (Å²) in [6, 6.07) is 12.4. The van der Waals surface area contributed by atoms with E-state index in [0.29, 0.717) is 29.3 Å². The van der Waals surface area contributed by atoms with Crippen molar-refractivity contribution >= 4 is 15.7 Å². The zero-order chi connectivity index (χ0) is 24.5. The largest absolute Gasteiger partial charge is 0.439 e. The minimum absolute atomic E-state index is 0.00232. The third kappa shape index (κ3) is 5.73. The Morgan fingerprint density at radius 3 is 2.24 bits per heavy atom. The van der Waals surface area contributed by atoms with Crippen LogP contribution in [0.2, 0.25) is 0 Å². The summed E-state index contributed by atoms with van der Waals surface area (Å²) in [7, 11) is -3.89. The molecule has 0 spiro atoms. The maximum absolute atomic E-state index is 13.3. The topological polar surface area (TPSA) is 99.0 Å². The molecule has 0 aliphatic carbocycles. The molecule has 11 heteroatoms. The average Bonchev–Trinajstić information content (AvgIpc) is 3.05. The molecule has 34 heavy (non-hydrogen) atoms. The maximum Gasteiger partial charge on any atom is 0.236 e. The van der Waals surface area contributed by atoms with Crippen LogP contribution in [0.4, 0.5) is 14.5 Å². The van der Waals surface area contributed by atoms with Gasteiger partial charge in [-0.3, -0.25) is 4.72 Å². The standard InChI is InChI=1S/C23H21F2N5O3S/c1-14-8-15(2)30(28-14)22-12-23(27-16(3)26-22)33-21-6-4-20(5-7-21)29-34(31,32)13-17-9-18(24)11-19(25)10-17/h4-12,29H,13H2,1-3H3. The Morgan fingerprint density at radius 2 is 1.62 bits per heavy atom. The van der Waals surface area contributed by atoms with E-state index in [1.54, 1.807) is 29.8 Å². The smallest absolute Gasteiger partial charge is 0.236 e. The molecule has 0 amide bonds. The molecule has 0 fully saturated rings. The van der Waals surface area contributed by atoms with Crippen LogP contribution in [-0.4, -0.2) is 28.2 Å². The number of nitrogens with one attached hydrogen (secondary N) is 1. The molecule has 0 atom stereocenters. The summed E-state index contributed by atoms with van der Waals surface area (Å²) in [6.07, 6.45) is 0. The zero-order valence-electron chi connectivity index (χ0n) is 18.6. The van der Waals surface area contributed by atoms with E-state index in [1.165, 1.54) is 12.1 Å². The third-order valence-electron chi connectivity index (χ3n) is 4.66. The van der Waals surface area contributed by atoms with Gasteiger partial charge in [-0.25, -0.2) is 26.9 Å². The lowest BCUT2D eigenvalue weighted by Crippen LogP contribution is -2.15. The summed E-state index contributed by atoms with van der Waals surface area (Å²) in [5.74, 6) is -0.469. The number of rotatable bonds is 7. The van der Waals surface area contributed by atoms with Crippen molar-refractivity contribution in [2.75, 3.05) is 4.72 Å². The van der Waals surface area contributed by atoms with E-state index in [-0.39, 0.29) is 11.3 Å². The molecule has 0 aliphatic heterocycles. The fourth-order valence-corrected chi connectivity index (χ4v) is 4.56. The van der Waals surface area contributed by atoms with Gasteiger partial charge in [0.15, 0.2) is 5.82 Å². The van der Waals surface area contributed by atoms with Crippen LogP contribution >= 0.6 is 0 Å². The molecule has 0 bridgehead atoms. The maximum atomic E-state index is 13.3. The Labute approximate surface area is 195 Å². The van der Waals surface area contributed by atoms with Crippen molar-refractivity contribution in [2.24, 2.45) is 0 Å². The first-order valence-corrected chi connectivity index (χ1v) is 11.8. The highest BCUT2D eigenvalue weighted by atomic mass is 32.2. The molecule has 1 N–H and O–H groups in total. The number of hydrogen-bond donors (Lipinski definition) is 1. The summed E-state index contributed by atoms with van der Waals surface area (Å²) < 4.78 is 61.4. The molecule has 2 aromatic heterocycles. The molecule has 0 saturated carbocycles. The van der Waals surface area contributed by atoms with E-state index in [1.807, 2.05) is 19.9 Å². The third-order valence-corrected chi connectivity index (χ3v) is 5.92. The second-order valence-corrected chi connectivity index (χ2v) is 9.44.